The molecule has 0 amide bonds. The second-order valence-electron chi connectivity index (χ2n) is 13.2. The molecule has 0 spiro atoms. The first-order valence-electron chi connectivity index (χ1n) is 14.3. The molecule has 0 atom stereocenters. The summed E-state index contributed by atoms with van der Waals surface area (Å²) >= 11 is 0. The summed E-state index contributed by atoms with van der Waals surface area (Å²) in [6.45, 7) is 26.8. The molecule has 1 aromatic rings. The second kappa shape index (κ2) is 16.7. The molecule has 1 aromatic carbocycles. The van der Waals surface area contributed by atoms with Crippen molar-refractivity contribution in [1.29, 1.82) is 0 Å². The zero-order chi connectivity index (χ0) is 28.9. The van der Waals surface area contributed by atoms with Gasteiger partial charge in [-0.2, -0.15) is 0 Å². The molecule has 0 aliphatic heterocycles. The Labute approximate surface area is 231 Å². The minimum absolute atomic E-state index is 0.0330. The summed E-state index contributed by atoms with van der Waals surface area (Å²) in [6, 6.07) is 8.83. The third kappa shape index (κ3) is 17.9. The van der Waals surface area contributed by atoms with E-state index in [4.69, 9.17) is 4.74 Å². The van der Waals surface area contributed by atoms with E-state index in [1.54, 1.807) is 0 Å². The number of benzene rings is 1. The van der Waals surface area contributed by atoms with Gasteiger partial charge in [-0.3, -0.25) is 0 Å². The molecule has 37 heavy (non-hydrogen) atoms. The molecule has 4 nitrogen and oxygen atoms in total. The Hall–Kier alpha value is -1.17. The Bertz CT molecular complexity index is 856. The van der Waals surface area contributed by atoms with E-state index < -0.39 is 10.0 Å². The van der Waals surface area contributed by atoms with Gasteiger partial charge in [-0.25, -0.2) is 13.1 Å². The van der Waals surface area contributed by atoms with E-state index >= 15 is 0 Å². The van der Waals surface area contributed by atoms with E-state index in [1.807, 2.05) is 13.8 Å². The lowest BCUT2D eigenvalue weighted by Crippen LogP contribution is -2.32. The average Bonchev–Trinajstić information content (AvgIpc) is 3.58. The van der Waals surface area contributed by atoms with Crippen molar-refractivity contribution in [3.05, 3.63) is 41.5 Å². The van der Waals surface area contributed by atoms with E-state index in [9.17, 15) is 8.42 Å². The summed E-state index contributed by atoms with van der Waals surface area (Å²) in [6.07, 6.45) is 10.0. The summed E-state index contributed by atoms with van der Waals surface area (Å²) in [7, 11) is -2.94. The predicted molar refractivity (Wildman–Crippen MR) is 164 cm³/mol. The maximum atomic E-state index is 11.1. The summed E-state index contributed by atoms with van der Waals surface area (Å²) in [5.74, 6) is 0.599. The smallest absolute Gasteiger partial charge is 0.214 e. The van der Waals surface area contributed by atoms with Crippen LogP contribution in [0.3, 0.4) is 0 Å². The van der Waals surface area contributed by atoms with Crippen molar-refractivity contribution in [2.24, 2.45) is 10.8 Å². The normalized spacial score (nSPS) is 14.6. The number of hydrogen-bond donors (Lipinski definition) is 1. The van der Waals surface area contributed by atoms with Crippen LogP contribution in [0, 0.1) is 10.8 Å². The molecular formula is C32H59NO3S. The largest absolute Gasteiger partial charge is 0.379 e. The lowest BCUT2D eigenvalue weighted by molar-refractivity contribution is 0.0762. The van der Waals surface area contributed by atoms with Gasteiger partial charge in [-0.15, -0.1) is 0 Å². The molecule has 1 N–H and O–H groups in total. The fourth-order valence-electron chi connectivity index (χ4n) is 2.73. The highest BCUT2D eigenvalue weighted by molar-refractivity contribution is 7.90. The maximum Gasteiger partial charge on any atom is 0.214 e. The van der Waals surface area contributed by atoms with Gasteiger partial charge < -0.3 is 4.74 Å². The highest BCUT2D eigenvalue weighted by atomic mass is 32.2. The summed E-state index contributed by atoms with van der Waals surface area (Å²) in [4.78, 5) is 0. The van der Waals surface area contributed by atoms with Gasteiger partial charge in [0.1, 0.15) is 0 Å². The van der Waals surface area contributed by atoms with Crippen LogP contribution >= 0.6 is 0 Å². The van der Waals surface area contributed by atoms with E-state index in [-0.39, 0.29) is 11.3 Å². The summed E-state index contributed by atoms with van der Waals surface area (Å²) in [5, 5.41) is -0.0881. The van der Waals surface area contributed by atoms with E-state index in [0.29, 0.717) is 22.9 Å². The Kier molecular flexibility index (Phi) is 16.2. The Balaban J connectivity index is 0.000000600. The van der Waals surface area contributed by atoms with Gasteiger partial charge in [0, 0.05) is 12.6 Å². The number of unbranched alkanes of at least 4 members (excludes halogenated alkanes) is 2. The lowest BCUT2D eigenvalue weighted by atomic mass is 9.71. The average molecular weight is 538 g/mol. The standard InChI is InChI=1S/C18H28O.C8H18.C6H13NO2S/c1-15(2)18-12-9-11-17(14-18)10-7-5-6-8-13-19-16(3)4;1-7(2,3)8(4,5)6;1-5(2)7-10(8,9)6-3-4-6/h7,9-12,14-16H,5-6,8,13H2,1-4H3;1-6H3;5-7H,3-4H2,1-2H3/b10-7+;;. The molecular weight excluding hydrogens is 478 g/mol. The lowest BCUT2D eigenvalue weighted by Gasteiger charge is -2.34. The van der Waals surface area contributed by atoms with E-state index in [1.165, 1.54) is 17.5 Å². The van der Waals surface area contributed by atoms with Crippen LogP contribution in [0.1, 0.15) is 132 Å². The number of nitrogens with one attached hydrogen (secondary N) is 1. The monoisotopic (exact) mass is 537 g/mol. The number of rotatable bonds is 11. The molecule has 216 valence electrons. The Morgan fingerprint density at radius 2 is 1.51 bits per heavy atom. The zero-order valence-corrected chi connectivity index (χ0v) is 27.0. The summed E-state index contributed by atoms with van der Waals surface area (Å²) < 4.78 is 30.3. The van der Waals surface area contributed by atoms with Crippen molar-refractivity contribution in [1.82, 2.24) is 4.72 Å². The topological polar surface area (TPSA) is 55.4 Å². The maximum absolute atomic E-state index is 11.1. The van der Waals surface area contributed by atoms with Crippen LogP contribution in [-0.4, -0.2) is 32.4 Å². The minimum Gasteiger partial charge on any atom is -0.379 e. The van der Waals surface area contributed by atoms with Crippen molar-refractivity contribution >= 4 is 16.1 Å². The number of allylic oxidation sites excluding steroid dienone is 1. The predicted octanol–water partition coefficient (Wildman–Crippen LogP) is 8.97. The number of sulfonamides is 1. The molecule has 0 aromatic heterocycles. The van der Waals surface area contributed by atoms with Crippen LogP contribution in [0.25, 0.3) is 6.08 Å². The second-order valence-corrected chi connectivity index (χ2v) is 15.2. The van der Waals surface area contributed by atoms with Crippen molar-refractivity contribution in [3.8, 4) is 0 Å². The fourth-order valence-corrected chi connectivity index (χ4v) is 4.33. The van der Waals surface area contributed by atoms with Gasteiger partial charge in [0.05, 0.1) is 11.4 Å². The minimum atomic E-state index is -2.94. The quantitative estimate of drug-likeness (QED) is 0.287. The fraction of sp³-hybridized carbons (Fsp3) is 0.750. The Morgan fingerprint density at radius 1 is 0.946 bits per heavy atom. The molecule has 1 aliphatic carbocycles. The molecule has 0 bridgehead atoms. The van der Waals surface area contributed by atoms with Gasteiger partial charge in [0.2, 0.25) is 10.0 Å². The van der Waals surface area contributed by atoms with Crippen LogP contribution in [-0.2, 0) is 14.8 Å². The molecule has 0 heterocycles. The first kappa shape index (κ1) is 35.8. The van der Waals surface area contributed by atoms with Gasteiger partial charge in [-0.05, 0) is 87.7 Å². The van der Waals surface area contributed by atoms with Crippen molar-refractivity contribution < 1.29 is 13.2 Å². The molecule has 2 rings (SSSR count). The third-order valence-corrected chi connectivity index (χ3v) is 8.87. The van der Waals surface area contributed by atoms with E-state index in [2.05, 4.69) is 110 Å². The Morgan fingerprint density at radius 3 is 1.95 bits per heavy atom. The van der Waals surface area contributed by atoms with Gasteiger partial charge in [-0.1, -0.05) is 91.8 Å². The van der Waals surface area contributed by atoms with Crippen LogP contribution < -0.4 is 4.72 Å². The molecule has 0 radical (unpaired) electrons. The zero-order valence-electron chi connectivity index (χ0n) is 26.1. The third-order valence-electron chi connectivity index (χ3n) is 6.72. The number of hydrogen-bond acceptors (Lipinski definition) is 3. The van der Waals surface area contributed by atoms with Crippen molar-refractivity contribution in [2.45, 2.75) is 139 Å². The van der Waals surface area contributed by atoms with Gasteiger partial charge >= 0.3 is 0 Å². The van der Waals surface area contributed by atoms with Gasteiger partial charge in [0.25, 0.3) is 0 Å². The molecule has 1 fully saturated rings. The van der Waals surface area contributed by atoms with Crippen LogP contribution in [0.4, 0.5) is 0 Å². The first-order valence-corrected chi connectivity index (χ1v) is 15.8. The number of ether oxygens (including phenoxy) is 1. The molecule has 0 saturated heterocycles. The van der Waals surface area contributed by atoms with Crippen LogP contribution in [0.2, 0.25) is 0 Å². The van der Waals surface area contributed by atoms with Crippen molar-refractivity contribution in [2.75, 3.05) is 6.61 Å². The molecule has 1 saturated carbocycles. The molecule has 0 unspecified atom stereocenters. The first-order chi connectivity index (χ1) is 16.9. The van der Waals surface area contributed by atoms with Crippen LogP contribution in [0.5, 0.6) is 0 Å². The molecule has 5 heteroatoms. The van der Waals surface area contributed by atoms with Crippen molar-refractivity contribution in [3.63, 3.8) is 0 Å². The van der Waals surface area contributed by atoms with Gasteiger partial charge in [0.15, 0.2) is 0 Å². The highest BCUT2D eigenvalue weighted by Crippen LogP contribution is 2.36. The van der Waals surface area contributed by atoms with Crippen LogP contribution in [0.15, 0.2) is 30.3 Å². The SMILES string of the molecule is CC(C)(C)C(C)(C)C.CC(C)NS(=O)(=O)C1CC1.CC(C)OCCCC/C=C/c1cccc(C(C)C)c1. The highest BCUT2D eigenvalue weighted by Gasteiger charge is 2.35. The van der Waals surface area contributed by atoms with E-state index in [0.717, 1.165) is 32.3 Å². The summed E-state index contributed by atoms with van der Waals surface area (Å²) in [5.41, 5.74) is 3.59. The molecule has 1 aliphatic rings.